The first-order valence-electron chi connectivity index (χ1n) is 6.01. The maximum Gasteiger partial charge on any atom is 0.194 e. The lowest BCUT2D eigenvalue weighted by atomic mass is 9.92. The Morgan fingerprint density at radius 1 is 1.29 bits per heavy atom. The maximum absolute atomic E-state index is 11.9. The summed E-state index contributed by atoms with van der Waals surface area (Å²) in [6.45, 7) is 6.03. The molecule has 0 spiro atoms. The van der Waals surface area contributed by atoms with Crippen molar-refractivity contribution in [2.75, 3.05) is 6.61 Å². The normalized spacial score (nSPS) is 14.1. The van der Waals surface area contributed by atoms with E-state index >= 15 is 0 Å². The highest BCUT2D eigenvalue weighted by Crippen LogP contribution is 2.19. The average Bonchev–Trinajstić information content (AvgIpc) is 2.36. The van der Waals surface area contributed by atoms with Gasteiger partial charge in [-0.3, -0.25) is 4.79 Å². The van der Waals surface area contributed by atoms with E-state index in [1.54, 1.807) is 31.2 Å². The molecule has 0 fully saturated rings. The molecule has 1 aromatic carbocycles. The number of aliphatic hydroxyl groups is 1. The maximum atomic E-state index is 11.9. The average molecular weight is 236 g/mol. The molecule has 1 atom stereocenters. The molecular weight excluding hydrogens is 216 g/mol. The lowest BCUT2D eigenvalue weighted by Gasteiger charge is -2.19. The molecule has 3 heteroatoms. The van der Waals surface area contributed by atoms with Gasteiger partial charge in [0.15, 0.2) is 5.78 Å². The third kappa shape index (κ3) is 3.56. The van der Waals surface area contributed by atoms with E-state index in [2.05, 4.69) is 0 Å². The van der Waals surface area contributed by atoms with E-state index in [9.17, 15) is 9.90 Å². The van der Waals surface area contributed by atoms with Crippen molar-refractivity contribution in [1.82, 2.24) is 0 Å². The molecule has 1 unspecified atom stereocenters. The highest BCUT2D eigenvalue weighted by atomic mass is 16.5. The van der Waals surface area contributed by atoms with E-state index in [0.29, 0.717) is 18.6 Å². The van der Waals surface area contributed by atoms with Crippen molar-refractivity contribution in [3.63, 3.8) is 0 Å². The largest absolute Gasteiger partial charge is 0.494 e. The van der Waals surface area contributed by atoms with Crippen LogP contribution in [0.3, 0.4) is 0 Å². The summed E-state index contributed by atoms with van der Waals surface area (Å²) < 4.78 is 5.43. The fourth-order valence-corrected chi connectivity index (χ4v) is 1.39. The van der Waals surface area contributed by atoms with Gasteiger partial charge in [-0.2, -0.15) is 0 Å². The highest BCUT2D eigenvalue weighted by Gasteiger charge is 2.28. The van der Waals surface area contributed by atoms with Crippen molar-refractivity contribution in [2.45, 2.75) is 39.2 Å². The first-order chi connectivity index (χ1) is 8.01. The van der Waals surface area contributed by atoms with Crippen molar-refractivity contribution < 1.29 is 14.6 Å². The zero-order valence-corrected chi connectivity index (χ0v) is 10.7. The minimum Gasteiger partial charge on any atom is -0.494 e. The predicted octanol–water partition coefficient (Wildman–Crippen LogP) is 2.82. The van der Waals surface area contributed by atoms with Crippen LogP contribution in [0.5, 0.6) is 5.75 Å². The molecule has 0 heterocycles. The van der Waals surface area contributed by atoms with Gasteiger partial charge in [-0.05, 0) is 44.0 Å². The molecule has 0 aliphatic carbocycles. The number of carbonyl (C=O) groups is 1. The Kier molecular flexibility index (Phi) is 4.70. The van der Waals surface area contributed by atoms with E-state index in [-0.39, 0.29) is 5.78 Å². The predicted molar refractivity (Wildman–Crippen MR) is 67.5 cm³/mol. The van der Waals surface area contributed by atoms with Crippen LogP contribution in [0.25, 0.3) is 0 Å². The van der Waals surface area contributed by atoms with Crippen molar-refractivity contribution in [2.24, 2.45) is 0 Å². The molecule has 1 aromatic rings. The van der Waals surface area contributed by atoms with E-state index in [1.807, 2.05) is 6.92 Å². The summed E-state index contributed by atoms with van der Waals surface area (Å²) in [7, 11) is 0. The number of carbonyl (C=O) groups excluding carboxylic acids is 1. The summed E-state index contributed by atoms with van der Waals surface area (Å²) in [5, 5.41) is 9.88. The van der Waals surface area contributed by atoms with Gasteiger partial charge >= 0.3 is 0 Å². The molecule has 0 saturated carbocycles. The van der Waals surface area contributed by atoms with Crippen LogP contribution in [0.4, 0.5) is 0 Å². The fraction of sp³-hybridized carbons (Fsp3) is 0.500. The summed E-state index contributed by atoms with van der Waals surface area (Å²) in [6, 6.07) is 6.90. The lowest BCUT2D eigenvalue weighted by molar-refractivity contribution is 0.0390. The zero-order valence-electron chi connectivity index (χ0n) is 10.7. The molecule has 17 heavy (non-hydrogen) atoms. The van der Waals surface area contributed by atoms with Crippen LogP contribution in [0.15, 0.2) is 24.3 Å². The number of hydrogen-bond donors (Lipinski definition) is 1. The summed E-state index contributed by atoms with van der Waals surface area (Å²) in [5.41, 5.74) is -0.771. The van der Waals surface area contributed by atoms with Crippen molar-refractivity contribution >= 4 is 5.78 Å². The first kappa shape index (κ1) is 13.7. The van der Waals surface area contributed by atoms with Gasteiger partial charge in [0, 0.05) is 5.56 Å². The number of rotatable bonds is 6. The Morgan fingerprint density at radius 3 is 2.35 bits per heavy atom. The van der Waals surface area contributed by atoms with Gasteiger partial charge in [0.1, 0.15) is 11.4 Å². The molecule has 0 aliphatic heterocycles. The molecule has 1 N–H and O–H groups in total. The summed E-state index contributed by atoms with van der Waals surface area (Å²) >= 11 is 0. The molecule has 1 rings (SSSR count). The second kappa shape index (κ2) is 5.82. The highest BCUT2D eigenvalue weighted by molar-refractivity contribution is 6.02. The van der Waals surface area contributed by atoms with Gasteiger partial charge in [0.2, 0.25) is 0 Å². The Balaban J connectivity index is 2.77. The Morgan fingerprint density at radius 2 is 1.88 bits per heavy atom. The summed E-state index contributed by atoms with van der Waals surface area (Å²) in [6.07, 6.45) is 1.35. The van der Waals surface area contributed by atoms with E-state index in [4.69, 9.17) is 4.74 Å². The molecule has 0 saturated heterocycles. The summed E-state index contributed by atoms with van der Waals surface area (Å²) in [5.74, 6) is 0.501. The molecule has 94 valence electrons. The number of Topliss-reactive ketones (excluding diaryl/α,β-unsaturated/α-hetero) is 1. The van der Waals surface area contributed by atoms with Crippen molar-refractivity contribution in [3.05, 3.63) is 29.8 Å². The Bertz CT molecular complexity index is 366. The van der Waals surface area contributed by atoms with Crippen LogP contribution in [-0.2, 0) is 0 Å². The van der Waals surface area contributed by atoms with E-state index < -0.39 is 5.60 Å². The van der Waals surface area contributed by atoms with Crippen molar-refractivity contribution in [3.8, 4) is 5.75 Å². The topological polar surface area (TPSA) is 46.5 Å². The number of ketones is 1. The minimum absolute atomic E-state index is 0.248. The van der Waals surface area contributed by atoms with E-state index in [0.717, 1.165) is 12.2 Å². The molecular formula is C14H20O3. The van der Waals surface area contributed by atoms with Crippen molar-refractivity contribution in [1.29, 1.82) is 0 Å². The quantitative estimate of drug-likeness (QED) is 0.772. The number of benzene rings is 1. The monoisotopic (exact) mass is 236 g/mol. The van der Waals surface area contributed by atoms with Crippen LogP contribution < -0.4 is 4.74 Å². The van der Waals surface area contributed by atoms with Crippen LogP contribution in [-0.4, -0.2) is 23.1 Å². The third-order valence-electron chi connectivity index (χ3n) is 2.77. The summed E-state index contributed by atoms with van der Waals surface area (Å²) in [4.78, 5) is 11.9. The fourth-order valence-electron chi connectivity index (χ4n) is 1.39. The second-order valence-corrected chi connectivity index (χ2v) is 4.33. The lowest BCUT2D eigenvalue weighted by Crippen LogP contribution is -2.34. The van der Waals surface area contributed by atoms with E-state index in [1.165, 1.54) is 6.92 Å². The molecule has 0 radical (unpaired) electrons. The molecule has 0 aromatic heterocycles. The van der Waals surface area contributed by atoms with Gasteiger partial charge in [-0.15, -0.1) is 0 Å². The minimum atomic E-state index is -1.29. The third-order valence-corrected chi connectivity index (χ3v) is 2.77. The molecule has 3 nitrogen and oxygen atoms in total. The molecule has 0 aliphatic rings. The SMILES string of the molecule is CCCOc1ccc(C(=O)C(C)(O)CC)cc1. The van der Waals surface area contributed by atoms with Gasteiger partial charge in [0.05, 0.1) is 6.61 Å². The smallest absolute Gasteiger partial charge is 0.194 e. The van der Waals surface area contributed by atoms with Gasteiger partial charge in [-0.1, -0.05) is 13.8 Å². The number of hydrogen-bond acceptors (Lipinski definition) is 3. The number of ether oxygens (including phenoxy) is 1. The molecule has 0 bridgehead atoms. The van der Waals surface area contributed by atoms with Gasteiger partial charge < -0.3 is 9.84 Å². The first-order valence-corrected chi connectivity index (χ1v) is 6.01. The Labute approximate surface area is 102 Å². The Hall–Kier alpha value is -1.35. The standard InChI is InChI=1S/C14H20O3/c1-4-10-17-12-8-6-11(7-9-12)13(15)14(3,16)5-2/h6-9,16H,4-5,10H2,1-3H3. The molecule has 0 amide bonds. The van der Waals surface area contributed by atoms with Crippen LogP contribution >= 0.6 is 0 Å². The van der Waals surface area contributed by atoms with Crippen LogP contribution in [0, 0.1) is 0 Å². The zero-order chi connectivity index (χ0) is 12.9. The van der Waals surface area contributed by atoms with Gasteiger partial charge in [0.25, 0.3) is 0 Å². The van der Waals surface area contributed by atoms with Crippen LogP contribution in [0.1, 0.15) is 44.0 Å². The van der Waals surface area contributed by atoms with Crippen LogP contribution in [0.2, 0.25) is 0 Å². The second-order valence-electron chi connectivity index (χ2n) is 4.33. The van der Waals surface area contributed by atoms with Gasteiger partial charge in [-0.25, -0.2) is 0 Å².